The van der Waals surface area contributed by atoms with Crippen LogP contribution in [0.25, 0.3) is 0 Å². The molecule has 0 spiro atoms. The fourth-order valence-corrected chi connectivity index (χ4v) is 4.72. The van der Waals surface area contributed by atoms with E-state index in [0.29, 0.717) is 12.4 Å². The van der Waals surface area contributed by atoms with Crippen LogP contribution in [0.2, 0.25) is 0 Å². The number of nitrogens with zero attached hydrogens (tertiary/aromatic N) is 7. The van der Waals surface area contributed by atoms with Crippen LogP contribution in [0.15, 0.2) is 30.5 Å². The van der Waals surface area contributed by atoms with Gasteiger partial charge in [0.05, 0.1) is 18.0 Å². The summed E-state index contributed by atoms with van der Waals surface area (Å²) in [5.41, 5.74) is 3.21. The maximum Gasteiger partial charge on any atom is 0.229 e. The number of aromatic nitrogens is 2. The molecule has 2 aliphatic rings. The molecule has 2 aromatic rings. The Morgan fingerprint density at radius 1 is 1.19 bits per heavy atom. The van der Waals surface area contributed by atoms with Crippen molar-refractivity contribution >= 4 is 17.5 Å². The number of nitriles is 1. The third-order valence-electron chi connectivity index (χ3n) is 6.48. The van der Waals surface area contributed by atoms with Crippen molar-refractivity contribution in [1.82, 2.24) is 24.7 Å². The largest absolute Gasteiger partial charge is 0.352 e. The van der Waals surface area contributed by atoms with Gasteiger partial charge in [-0.2, -0.15) is 10.2 Å². The van der Waals surface area contributed by atoms with Crippen molar-refractivity contribution in [1.29, 1.82) is 5.26 Å². The molecular formula is C24H34N8. The van der Waals surface area contributed by atoms with Gasteiger partial charge in [-0.3, -0.25) is 4.90 Å². The lowest BCUT2D eigenvalue weighted by atomic mass is 9.84. The summed E-state index contributed by atoms with van der Waals surface area (Å²) in [5.74, 6) is 1.56. The topological polar surface area (TPSA) is 74.6 Å². The van der Waals surface area contributed by atoms with E-state index < -0.39 is 0 Å². The number of likely N-dealkylation sites (N-methyl/N-ethyl adjacent to an activating group) is 1. The quantitative estimate of drug-likeness (QED) is 0.712. The van der Waals surface area contributed by atoms with Gasteiger partial charge in [0.15, 0.2) is 0 Å². The van der Waals surface area contributed by atoms with Crippen LogP contribution in [0.3, 0.4) is 0 Å². The maximum atomic E-state index is 9.50. The predicted molar refractivity (Wildman–Crippen MR) is 128 cm³/mol. The van der Waals surface area contributed by atoms with Gasteiger partial charge in [-0.1, -0.05) is 12.1 Å². The summed E-state index contributed by atoms with van der Waals surface area (Å²) in [4.78, 5) is 18.7. The molecule has 32 heavy (non-hydrogen) atoms. The summed E-state index contributed by atoms with van der Waals surface area (Å²) in [6.07, 6.45) is 2.44. The first-order chi connectivity index (χ1) is 15.4. The molecule has 2 fully saturated rings. The molecule has 1 aromatic heterocycles. The smallest absolute Gasteiger partial charge is 0.229 e. The fraction of sp³-hybridized carbons (Fsp3) is 0.542. The van der Waals surface area contributed by atoms with E-state index in [1.807, 2.05) is 12.3 Å². The molecule has 1 aromatic carbocycles. The van der Waals surface area contributed by atoms with Crippen molar-refractivity contribution < 1.29 is 0 Å². The van der Waals surface area contributed by atoms with E-state index in [-0.39, 0.29) is 5.54 Å². The van der Waals surface area contributed by atoms with E-state index in [0.717, 1.165) is 62.9 Å². The second-order valence-corrected chi connectivity index (χ2v) is 9.47. The molecule has 8 nitrogen and oxygen atoms in total. The Morgan fingerprint density at radius 2 is 1.94 bits per heavy atom. The Labute approximate surface area is 191 Å². The van der Waals surface area contributed by atoms with Crippen LogP contribution in [-0.2, 0) is 6.54 Å². The molecule has 2 saturated heterocycles. The van der Waals surface area contributed by atoms with Gasteiger partial charge in [0.2, 0.25) is 5.95 Å². The van der Waals surface area contributed by atoms with Crippen molar-refractivity contribution in [3.8, 4) is 6.07 Å². The zero-order valence-electron chi connectivity index (χ0n) is 19.7. The normalized spacial score (nSPS) is 18.9. The van der Waals surface area contributed by atoms with E-state index in [9.17, 15) is 5.26 Å². The molecule has 4 rings (SSSR count). The van der Waals surface area contributed by atoms with E-state index >= 15 is 0 Å². The van der Waals surface area contributed by atoms with Crippen LogP contribution in [0, 0.1) is 18.3 Å². The van der Waals surface area contributed by atoms with Crippen molar-refractivity contribution in [3.05, 3.63) is 41.6 Å². The second-order valence-electron chi connectivity index (χ2n) is 9.47. The molecule has 0 aliphatic carbocycles. The van der Waals surface area contributed by atoms with Gasteiger partial charge in [0.1, 0.15) is 5.82 Å². The molecule has 0 atom stereocenters. The van der Waals surface area contributed by atoms with Gasteiger partial charge < -0.3 is 20.0 Å². The predicted octanol–water partition coefficient (Wildman–Crippen LogP) is 2.31. The SMILES string of the molecule is Cc1cnc(Nc2cccc(CN(C)C)c2)nc1N1CC(CC#N)(N2CCN(C)CC2)C1. The van der Waals surface area contributed by atoms with Gasteiger partial charge in [-0.15, -0.1) is 0 Å². The molecule has 0 bridgehead atoms. The fourth-order valence-electron chi connectivity index (χ4n) is 4.72. The molecule has 0 amide bonds. The van der Waals surface area contributed by atoms with E-state index in [1.54, 1.807) is 0 Å². The van der Waals surface area contributed by atoms with Crippen molar-refractivity contribution in [2.75, 3.05) is 70.6 Å². The summed E-state index contributed by atoms with van der Waals surface area (Å²) in [6, 6.07) is 10.8. The van der Waals surface area contributed by atoms with Crippen LogP contribution in [0.1, 0.15) is 17.5 Å². The lowest BCUT2D eigenvalue weighted by Gasteiger charge is -2.57. The minimum absolute atomic E-state index is 0.0680. The summed E-state index contributed by atoms with van der Waals surface area (Å²) in [6.45, 7) is 8.75. The Morgan fingerprint density at radius 3 is 2.62 bits per heavy atom. The van der Waals surface area contributed by atoms with E-state index in [2.05, 4.69) is 82.2 Å². The standard InChI is InChI=1S/C24H34N8/c1-19-15-26-23(27-21-7-5-6-20(14-21)16-29(2)3)28-22(19)31-17-24(18-31,8-9-25)32-12-10-30(4)11-13-32/h5-7,14-15H,8,10-13,16-18H2,1-4H3,(H,26,27,28). The molecule has 8 heteroatoms. The van der Waals surface area contributed by atoms with Crippen molar-refractivity contribution in [2.24, 2.45) is 0 Å². The Kier molecular flexibility index (Phi) is 6.60. The van der Waals surface area contributed by atoms with Crippen LogP contribution in [0.4, 0.5) is 17.5 Å². The monoisotopic (exact) mass is 434 g/mol. The van der Waals surface area contributed by atoms with Gasteiger partial charge in [-0.25, -0.2) is 4.98 Å². The minimum atomic E-state index is -0.0680. The third-order valence-corrected chi connectivity index (χ3v) is 6.48. The minimum Gasteiger partial charge on any atom is -0.352 e. The third kappa shape index (κ3) is 4.85. The lowest BCUT2D eigenvalue weighted by molar-refractivity contribution is 0.0218. The highest BCUT2D eigenvalue weighted by Gasteiger charge is 2.48. The number of hydrogen-bond acceptors (Lipinski definition) is 8. The Balaban J connectivity index is 1.47. The van der Waals surface area contributed by atoms with Gasteiger partial charge in [-0.05, 0) is 45.8 Å². The number of piperazine rings is 1. The number of hydrogen-bond donors (Lipinski definition) is 1. The highest BCUT2D eigenvalue weighted by atomic mass is 15.4. The summed E-state index contributed by atoms with van der Waals surface area (Å²) in [5, 5.41) is 12.9. The van der Waals surface area contributed by atoms with Crippen LogP contribution >= 0.6 is 0 Å². The summed E-state index contributed by atoms with van der Waals surface area (Å²) in [7, 11) is 6.30. The molecular weight excluding hydrogens is 400 g/mol. The molecule has 1 N–H and O–H groups in total. The first-order valence-electron chi connectivity index (χ1n) is 11.3. The maximum absolute atomic E-state index is 9.50. The van der Waals surface area contributed by atoms with E-state index in [4.69, 9.17) is 4.98 Å². The van der Waals surface area contributed by atoms with Gasteiger partial charge >= 0.3 is 0 Å². The van der Waals surface area contributed by atoms with Crippen molar-refractivity contribution in [2.45, 2.75) is 25.4 Å². The zero-order valence-corrected chi connectivity index (χ0v) is 19.7. The average molecular weight is 435 g/mol. The van der Waals surface area contributed by atoms with Gasteiger partial charge in [0.25, 0.3) is 0 Å². The number of rotatable bonds is 7. The van der Waals surface area contributed by atoms with Gasteiger partial charge in [0, 0.05) is 63.3 Å². The number of benzene rings is 1. The molecule has 0 radical (unpaired) electrons. The molecule has 0 saturated carbocycles. The zero-order chi connectivity index (χ0) is 22.7. The highest BCUT2D eigenvalue weighted by molar-refractivity contribution is 5.58. The Bertz CT molecular complexity index is 968. The van der Waals surface area contributed by atoms with Crippen molar-refractivity contribution in [3.63, 3.8) is 0 Å². The van der Waals surface area contributed by atoms with Crippen LogP contribution < -0.4 is 10.2 Å². The summed E-state index contributed by atoms with van der Waals surface area (Å²) < 4.78 is 0. The number of anilines is 3. The second kappa shape index (κ2) is 9.41. The molecule has 3 heterocycles. The lowest BCUT2D eigenvalue weighted by Crippen LogP contribution is -2.72. The molecule has 2 aliphatic heterocycles. The van der Waals surface area contributed by atoms with E-state index in [1.165, 1.54) is 5.56 Å². The molecule has 170 valence electrons. The average Bonchev–Trinajstić information content (AvgIpc) is 2.72. The first kappa shape index (κ1) is 22.5. The van der Waals surface area contributed by atoms with Crippen LogP contribution in [-0.4, -0.2) is 90.6 Å². The van der Waals surface area contributed by atoms with Crippen LogP contribution in [0.5, 0.6) is 0 Å². The first-order valence-corrected chi connectivity index (χ1v) is 11.3. The highest BCUT2D eigenvalue weighted by Crippen LogP contribution is 2.36. The molecule has 0 unspecified atom stereocenters. The Hall–Kier alpha value is -2.73. The number of nitrogens with one attached hydrogen (secondary N) is 1. The number of aryl methyl sites for hydroxylation is 1. The summed E-state index contributed by atoms with van der Waals surface area (Å²) >= 11 is 0.